The number of rotatable bonds is 3. The molecule has 52 valence electrons. The van der Waals surface area contributed by atoms with E-state index < -0.39 is 18.2 Å². The van der Waals surface area contributed by atoms with Gasteiger partial charge in [-0.05, 0) is 12.5 Å². The maximum absolute atomic E-state index is 10.5. The van der Waals surface area contributed by atoms with Gasteiger partial charge in [0, 0.05) is 0 Å². The van der Waals surface area contributed by atoms with Crippen molar-refractivity contribution < 1.29 is 45.7 Å². The third-order valence-corrected chi connectivity index (χ3v) is 0.788. The molecule has 0 heterocycles. The maximum atomic E-state index is 10.5. The van der Waals surface area contributed by atoms with Crippen LogP contribution in [0.4, 0.5) is 0 Å². The smallest absolute Gasteiger partial charge is 1.00 e. The standard InChI is InChI=1S/C6H8O3.Na.H/c1-4(2)5(7)3-6(8)9;;/h1,3H2,2H3,(H,8,9);;/q;+1;-1. The van der Waals surface area contributed by atoms with Gasteiger partial charge in [-0.1, -0.05) is 6.58 Å². The average Bonchev–Trinajstić information content (AvgIpc) is 1.63. The van der Waals surface area contributed by atoms with Crippen molar-refractivity contribution in [3.63, 3.8) is 0 Å². The Morgan fingerprint density at radius 2 is 2.00 bits per heavy atom. The molecule has 0 amide bonds. The topological polar surface area (TPSA) is 54.4 Å². The second kappa shape index (κ2) is 5.65. The molecule has 0 spiro atoms. The summed E-state index contributed by atoms with van der Waals surface area (Å²) >= 11 is 0. The number of carboxylic acids is 1. The van der Waals surface area contributed by atoms with Gasteiger partial charge in [-0.15, -0.1) is 0 Å². The van der Waals surface area contributed by atoms with E-state index in [1.54, 1.807) is 0 Å². The van der Waals surface area contributed by atoms with E-state index in [1.165, 1.54) is 6.92 Å². The third kappa shape index (κ3) is 6.01. The predicted molar refractivity (Wildman–Crippen MR) is 33.2 cm³/mol. The summed E-state index contributed by atoms with van der Waals surface area (Å²) in [5.74, 6) is -1.52. The van der Waals surface area contributed by atoms with Crippen LogP contribution in [0.25, 0.3) is 0 Å². The number of allylic oxidation sites excluding steroid dienone is 1. The van der Waals surface area contributed by atoms with Crippen LogP contribution in [-0.2, 0) is 9.59 Å². The van der Waals surface area contributed by atoms with E-state index in [2.05, 4.69) is 6.58 Å². The van der Waals surface area contributed by atoms with Gasteiger partial charge in [-0.2, -0.15) is 0 Å². The predicted octanol–water partition coefficient (Wildman–Crippen LogP) is -2.28. The molecule has 0 atom stereocenters. The summed E-state index contributed by atoms with van der Waals surface area (Å²) < 4.78 is 0. The molecule has 0 aliphatic rings. The van der Waals surface area contributed by atoms with E-state index in [0.717, 1.165) is 0 Å². The van der Waals surface area contributed by atoms with E-state index in [-0.39, 0.29) is 36.6 Å². The summed E-state index contributed by atoms with van der Waals surface area (Å²) in [5.41, 5.74) is 0.289. The van der Waals surface area contributed by atoms with Crippen LogP contribution in [0.2, 0.25) is 0 Å². The fourth-order valence-corrected chi connectivity index (χ4v) is 0.288. The molecule has 0 fully saturated rings. The van der Waals surface area contributed by atoms with Gasteiger partial charge in [0.05, 0.1) is 0 Å². The summed E-state index contributed by atoms with van der Waals surface area (Å²) in [6.07, 6.45) is -0.449. The fraction of sp³-hybridized carbons (Fsp3) is 0.333. The molecule has 0 rings (SSSR count). The molecule has 0 aromatic heterocycles. The zero-order valence-corrected chi connectivity index (χ0v) is 8.18. The van der Waals surface area contributed by atoms with E-state index in [1.807, 2.05) is 0 Å². The summed E-state index contributed by atoms with van der Waals surface area (Å²) in [6.45, 7) is 4.79. The molecule has 0 radical (unpaired) electrons. The van der Waals surface area contributed by atoms with Crippen molar-refractivity contribution in [3.8, 4) is 0 Å². The third-order valence-electron chi connectivity index (χ3n) is 0.788. The van der Waals surface area contributed by atoms with Crippen molar-refractivity contribution in [1.29, 1.82) is 0 Å². The van der Waals surface area contributed by atoms with Crippen LogP contribution in [0.15, 0.2) is 12.2 Å². The molecule has 0 aromatic rings. The van der Waals surface area contributed by atoms with Gasteiger partial charge in [0.25, 0.3) is 0 Å². The average molecular weight is 152 g/mol. The van der Waals surface area contributed by atoms with Crippen LogP contribution < -0.4 is 29.6 Å². The number of Topliss-reactive ketones (excluding diaryl/α,β-unsaturated/α-hetero) is 1. The van der Waals surface area contributed by atoms with Crippen LogP contribution in [-0.4, -0.2) is 16.9 Å². The first kappa shape index (κ1) is 12.5. The molecular weight excluding hydrogens is 143 g/mol. The Morgan fingerprint density at radius 3 is 2.10 bits per heavy atom. The number of aliphatic carboxylic acids is 1. The molecule has 3 nitrogen and oxygen atoms in total. The summed E-state index contributed by atoms with van der Waals surface area (Å²) in [4.78, 5) is 20.3. The first-order valence-corrected chi connectivity index (χ1v) is 2.44. The summed E-state index contributed by atoms with van der Waals surface area (Å²) in [5, 5.41) is 8.07. The molecule has 0 unspecified atom stereocenters. The molecule has 0 aliphatic heterocycles. The van der Waals surface area contributed by atoms with Gasteiger partial charge in [0.15, 0.2) is 5.78 Å². The SMILES string of the molecule is C=C(C)C(=O)CC(=O)O.[H-].[Na+]. The van der Waals surface area contributed by atoms with E-state index in [4.69, 9.17) is 5.11 Å². The molecule has 0 bridgehead atoms. The zero-order chi connectivity index (χ0) is 7.44. The summed E-state index contributed by atoms with van der Waals surface area (Å²) in [6, 6.07) is 0. The minimum absolute atomic E-state index is 0. The Hall–Kier alpha value is -0.120. The van der Waals surface area contributed by atoms with Crippen molar-refractivity contribution in [3.05, 3.63) is 12.2 Å². The number of hydrogen-bond acceptors (Lipinski definition) is 2. The largest absolute Gasteiger partial charge is 1.00 e. The van der Waals surface area contributed by atoms with Gasteiger partial charge in [0.2, 0.25) is 0 Å². The number of hydrogen-bond donors (Lipinski definition) is 1. The molecule has 0 saturated heterocycles. The first-order chi connectivity index (χ1) is 4.04. The fourth-order valence-electron chi connectivity index (χ4n) is 0.288. The van der Waals surface area contributed by atoms with Crippen LogP contribution in [0.1, 0.15) is 14.8 Å². The number of ketones is 1. The number of carboxylic acid groups (broad SMARTS) is 1. The van der Waals surface area contributed by atoms with E-state index in [9.17, 15) is 9.59 Å². The van der Waals surface area contributed by atoms with Gasteiger partial charge in [-0.3, -0.25) is 9.59 Å². The minimum atomic E-state index is -1.11. The molecule has 0 aromatic carbocycles. The Morgan fingerprint density at radius 1 is 1.60 bits per heavy atom. The van der Waals surface area contributed by atoms with Crippen LogP contribution >= 0.6 is 0 Å². The van der Waals surface area contributed by atoms with Crippen molar-refractivity contribution in [2.45, 2.75) is 13.3 Å². The maximum Gasteiger partial charge on any atom is 1.00 e. The van der Waals surface area contributed by atoms with Crippen molar-refractivity contribution in [2.75, 3.05) is 0 Å². The molecule has 4 heteroatoms. The molecule has 1 N–H and O–H groups in total. The van der Waals surface area contributed by atoms with Gasteiger partial charge in [-0.25, -0.2) is 0 Å². The van der Waals surface area contributed by atoms with Crippen LogP contribution in [0.3, 0.4) is 0 Å². The number of carbonyl (C=O) groups excluding carboxylic acids is 1. The molecule has 0 saturated carbocycles. The monoisotopic (exact) mass is 152 g/mol. The van der Waals surface area contributed by atoms with Crippen molar-refractivity contribution >= 4 is 11.8 Å². The molecule has 0 aliphatic carbocycles. The van der Waals surface area contributed by atoms with Crippen molar-refractivity contribution in [1.82, 2.24) is 0 Å². The quantitative estimate of drug-likeness (QED) is 0.282. The minimum Gasteiger partial charge on any atom is -1.00 e. The second-order valence-electron chi connectivity index (χ2n) is 1.77. The Labute approximate surface area is 82.9 Å². The van der Waals surface area contributed by atoms with Crippen LogP contribution in [0.5, 0.6) is 0 Å². The molecule has 10 heavy (non-hydrogen) atoms. The second-order valence-corrected chi connectivity index (χ2v) is 1.77. The molecular formula is C6H9NaO3. The first-order valence-electron chi connectivity index (χ1n) is 2.44. The van der Waals surface area contributed by atoms with Crippen molar-refractivity contribution in [2.24, 2.45) is 0 Å². The Balaban J connectivity index is -0.000000320. The Kier molecular flexibility index (Phi) is 7.09. The van der Waals surface area contributed by atoms with Crippen LogP contribution in [0, 0.1) is 0 Å². The van der Waals surface area contributed by atoms with Gasteiger partial charge in [0.1, 0.15) is 6.42 Å². The number of carbonyl (C=O) groups is 2. The Bertz CT molecular complexity index is 167. The van der Waals surface area contributed by atoms with E-state index in [0.29, 0.717) is 0 Å². The zero-order valence-electron chi connectivity index (χ0n) is 7.18. The summed E-state index contributed by atoms with van der Waals surface area (Å²) in [7, 11) is 0. The normalized spacial score (nSPS) is 7.70. The van der Waals surface area contributed by atoms with E-state index >= 15 is 0 Å². The van der Waals surface area contributed by atoms with Gasteiger partial charge >= 0.3 is 35.5 Å². The van der Waals surface area contributed by atoms with Gasteiger partial charge < -0.3 is 6.53 Å².